The first-order valence-corrected chi connectivity index (χ1v) is 5.44. The van der Waals surface area contributed by atoms with E-state index >= 15 is 0 Å². The summed E-state index contributed by atoms with van der Waals surface area (Å²) in [7, 11) is 0. The van der Waals surface area contributed by atoms with Crippen molar-refractivity contribution in [2.75, 3.05) is 19.6 Å². The molecule has 0 spiro atoms. The standard InChI is InChI=1S/C10H19FN2/c11-10(5-7-12-8-10)9-4-2-1-3-6-13-9/h9,12-13H,1-8H2. The molecule has 2 aliphatic heterocycles. The van der Waals surface area contributed by atoms with E-state index in [4.69, 9.17) is 0 Å². The Morgan fingerprint density at radius 3 is 2.85 bits per heavy atom. The van der Waals surface area contributed by atoms with Gasteiger partial charge in [0.05, 0.1) is 0 Å². The van der Waals surface area contributed by atoms with Gasteiger partial charge in [-0.2, -0.15) is 0 Å². The lowest BCUT2D eigenvalue weighted by Gasteiger charge is -2.29. The predicted octanol–water partition coefficient (Wildman–Crippen LogP) is 1.22. The summed E-state index contributed by atoms with van der Waals surface area (Å²) in [6.07, 6.45) is 5.35. The summed E-state index contributed by atoms with van der Waals surface area (Å²) >= 11 is 0. The van der Waals surface area contributed by atoms with Gasteiger partial charge in [0.2, 0.25) is 0 Å². The van der Waals surface area contributed by atoms with Crippen molar-refractivity contribution in [3.05, 3.63) is 0 Å². The normalized spacial score (nSPS) is 41.8. The van der Waals surface area contributed by atoms with Gasteiger partial charge < -0.3 is 10.6 Å². The Bertz CT molecular complexity index is 158. The van der Waals surface area contributed by atoms with E-state index < -0.39 is 5.67 Å². The minimum atomic E-state index is -0.968. The Morgan fingerprint density at radius 1 is 1.15 bits per heavy atom. The van der Waals surface area contributed by atoms with Crippen molar-refractivity contribution in [1.82, 2.24) is 10.6 Å². The van der Waals surface area contributed by atoms with Gasteiger partial charge in [-0.25, -0.2) is 4.39 Å². The second kappa shape index (κ2) is 3.93. The first kappa shape index (κ1) is 9.41. The third-order valence-electron chi connectivity index (χ3n) is 3.32. The largest absolute Gasteiger partial charge is 0.313 e. The molecular formula is C10H19FN2. The van der Waals surface area contributed by atoms with Crippen molar-refractivity contribution < 1.29 is 4.39 Å². The van der Waals surface area contributed by atoms with Gasteiger partial charge in [-0.1, -0.05) is 12.8 Å². The van der Waals surface area contributed by atoms with Crippen LogP contribution in [0.4, 0.5) is 4.39 Å². The Morgan fingerprint density at radius 2 is 2.08 bits per heavy atom. The molecule has 2 saturated heterocycles. The zero-order chi connectivity index (χ0) is 9.15. The first-order chi connectivity index (χ1) is 6.31. The van der Waals surface area contributed by atoms with E-state index in [0.29, 0.717) is 13.0 Å². The highest BCUT2D eigenvalue weighted by Crippen LogP contribution is 2.28. The van der Waals surface area contributed by atoms with E-state index in [1.807, 2.05) is 0 Å². The quantitative estimate of drug-likeness (QED) is 0.643. The van der Waals surface area contributed by atoms with Gasteiger partial charge in [0, 0.05) is 12.6 Å². The molecule has 2 unspecified atom stereocenters. The molecule has 2 atom stereocenters. The van der Waals surface area contributed by atoms with Crippen LogP contribution in [-0.4, -0.2) is 31.3 Å². The average Bonchev–Trinajstić information content (AvgIpc) is 2.44. The summed E-state index contributed by atoms with van der Waals surface area (Å²) in [5.41, 5.74) is -0.968. The van der Waals surface area contributed by atoms with Crippen LogP contribution in [0.2, 0.25) is 0 Å². The maximum atomic E-state index is 14.3. The Kier molecular flexibility index (Phi) is 2.84. The van der Waals surface area contributed by atoms with Crippen molar-refractivity contribution in [2.45, 2.75) is 43.8 Å². The number of hydrogen-bond acceptors (Lipinski definition) is 2. The van der Waals surface area contributed by atoms with Crippen LogP contribution in [0.15, 0.2) is 0 Å². The van der Waals surface area contributed by atoms with Gasteiger partial charge >= 0.3 is 0 Å². The topological polar surface area (TPSA) is 24.1 Å². The molecule has 0 amide bonds. The first-order valence-electron chi connectivity index (χ1n) is 5.44. The second-order valence-electron chi connectivity index (χ2n) is 4.32. The molecule has 13 heavy (non-hydrogen) atoms. The number of alkyl halides is 1. The molecule has 76 valence electrons. The van der Waals surface area contributed by atoms with Crippen molar-refractivity contribution in [1.29, 1.82) is 0 Å². The summed E-state index contributed by atoms with van der Waals surface area (Å²) in [4.78, 5) is 0. The van der Waals surface area contributed by atoms with E-state index in [1.54, 1.807) is 0 Å². The zero-order valence-corrected chi connectivity index (χ0v) is 8.11. The lowest BCUT2D eigenvalue weighted by Crippen LogP contribution is -2.48. The molecule has 3 heteroatoms. The summed E-state index contributed by atoms with van der Waals surface area (Å²) in [5.74, 6) is 0. The van der Waals surface area contributed by atoms with Gasteiger partial charge in [-0.05, 0) is 32.4 Å². The molecule has 0 bridgehead atoms. The van der Waals surface area contributed by atoms with Crippen LogP contribution in [0, 0.1) is 0 Å². The third-order valence-corrected chi connectivity index (χ3v) is 3.32. The Labute approximate surface area is 79.3 Å². The monoisotopic (exact) mass is 186 g/mol. The zero-order valence-electron chi connectivity index (χ0n) is 8.11. The molecule has 2 rings (SSSR count). The second-order valence-corrected chi connectivity index (χ2v) is 4.32. The fourth-order valence-corrected chi connectivity index (χ4v) is 2.45. The van der Waals surface area contributed by atoms with Gasteiger partial charge in [-0.3, -0.25) is 0 Å². The molecule has 0 aliphatic carbocycles. The van der Waals surface area contributed by atoms with Crippen LogP contribution in [0.3, 0.4) is 0 Å². The fraction of sp³-hybridized carbons (Fsp3) is 1.00. The number of halogens is 1. The summed E-state index contributed by atoms with van der Waals surface area (Å²) in [6.45, 7) is 2.38. The van der Waals surface area contributed by atoms with Gasteiger partial charge in [-0.15, -0.1) is 0 Å². The average molecular weight is 186 g/mol. The van der Waals surface area contributed by atoms with Crippen LogP contribution in [0.5, 0.6) is 0 Å². The molecule has 0 aromatic rings. The van der Waals surface area contributed by atoms with E-state index in [0.717, 1.165) is 19.5 Å². The summed E-state index contributed by atoms with van der Waals surface area (Å²) in [6, 6.07) is 0.102. The molecule has 0 radical (unpaired) electrons. The molecule has 0 saturated carbocycles. The van der Waals surface area contributed by atoms with Crippen LogP contribution in [0.25, 0.3) is 0 Å². The van der Waals surface area contributed by atoms with Crippen molar-refractivity contribution >= 4 is 0 Å². The van der Waals surface area contributed by atoms with Crippen molar-refractivity contribution in [3.63, 3.8) is 0 Å². The molecular weight excluding hydrogens is 167 g/mol. The minimum Gasteiger partial charge on any atom is -0.313 e. The fourth-order valence-electron chi connectivity index (χ4n) is 2.45. The highest BCUT2D eigenvalue weighted by Gasteiger charge is 2.41. The van der Waals surface area contributed by atoms with E-state index in [1.165, 1.54) is 19.3 Å². The van der Waals surface area contributed by atoms with Crippen LogP contribution in [0.1, 0.15) is 32.1 Å². The lowest BCUT2D eigenvalue weighted by atomic mass is 9.92. The van der Waals surface area contributed by atoms with E-state index in [-0.39, 0.29) is 6.04 Å². The van der Waals surface area contributed by atoms with E-state index in [2.05, 4.69) is 10.6 Å². The Hall–Kier alpha value is -0.150. The summed E-state index contributed by atoms with van der Waals surface area (Å²) in [5, 5.41) is 6.46. The van der Waals surface area contributed by atoms with Gasteiger partial charge in [0.1, 0.15) is 5.67 Å². The molecule has 2 nitrogen and oxygen atoms in total. The van der Waals surface area contributed by atoms with Crippen molar-refractivity contribution in [2.24, 2.45) is 0 Å². The maximum absolute atomic E-state index is 14.3. The Balaban J connectivity index is 1.96. The summed E-state index contributed by atoms with van der Waals surface area (Å²) < 4.78 is 14.3. The van der Waals surface area contributed by atoms with Crippen molar-refractivity contribution in [3.8, 4) is 0 Å². The highest BCUT2D eigenvalue weighted by atomic mass is 19.1. The number of rotatable bonds is 1. The molecule has 2 heterocycles. The molecule has 2 N–H and O–H groups in total. The van der Waals surface area contributed by atoms with Gasteiger partial charge in [0.15, 0.2) is 0 Å². The van der Waals surface area contributed by atoms with Crippen LogP contribution >= 0.6 is 0 Å². The predicted molar refractivity (Wildman–Crippen MR) is 51.6 cm³/mol. The van der Waals surface area contributed by atoms with Crippen LogP contribution < -0.4 is 10.6 Å². The third kappa shape index (κ3) is 2.02. The van der Waals surface area contributed by atoms with Crippen LogP contribution in [-0.2, 0) is 0 Å². The minimum absolute atomic E-state index is 0.102. The maximum Gasteiger partial charge on any atom is 0.139 e. The molecule has 0 aromatic carbocycles. The highest BCUT2D eigenvalue weighted by molar-refractivity contribution is 4.98. The SMILES string of the molecule is FC1(C2CCCCCN2)CCNC1. The number of hydrogen-bond donors (Lipinski definition) is 2. The number of nitrogens with one attached hydrogen (secondary N) is 2. The smallest absolute Gasteiger partial charge is 0.139 e. The van der Waals surface area contributed by atoms with E-state index in [9.17, 15) is 4.39 Å². The molecule has 2 aliphatic rings. The van der Waals surface area contributed by atoms with Gasteiger partial charge in [0.25, 0.3) is 0 Å². The molecule has 2 fully saturated rings. The molecule has 0 aromatic heterocycles. The lowest BCUT2D eigenvalue weighted by molar-refractivity contribution is 0.124.